The van der Waals surface area contributed by atoms with Gasteiger partial charge in [-0.3, -0.25) is 14.8 Å². The maximum Gasteiger partial charge on any atom is 0.251 e. The van der Waals surface area contributed by atoms with E-state index >= 15 is 0 Å². The lowest BCUT2D eigenvalue weighted by atomic mass is 10.0. The Balaban J connectivity index is 1.29. The first-order valence-electron chi connectivity index (χ1n) is 11.7. The number of fused-ring (bicyclic) bond motifs is 1. The lowest BCUT2D eigenvalue weighted by Crippen LogP contribution is -2.36. The van der Waals surface area contributed by atoms with Crippen LogP contribution in [0.25, 0.3) is 22.2 Å². The van der Waals surface area contributed by atoms with Gasteiger partial charge in [-0.05, 0) is 24.1 Å². The van der Waals surface area contributed by atoms with Gasteiger partial charge in [0.05, 0.1) is 41.9 Å². The largest absolute Gasteiger partial charge is 0.378 e. The second kappa shape index (κ2) is 10.4. The molecule has 1 saturated heterocycles. The summed E-state index contributed by atoms with van der Waals surface area (Å²) in [7, 11) is 1.63. The third-order valence-corrected chi connectivity index (χ3v) is 6.09. The monoisotopic (exact) mass is 469 g/mol. The highest BCUT2D eigenvalue weighted by Gasteiger charge is 2.14. The number of morpholine rings is 1. The minimum atomic E-state index is -0.117. The molecule has 9 heteroatoms. The highest BCUT2D eigenvalue weighted by atomic mass is 16.5. The quantitative estimate of drug-likeness (QED) is 0.426. The molecule has 1 aliphatic rings. The molecule has 2 N–H and O–H groups in total. The number of carbonyl (C=O) groups excluding carboxylic acids is 1. The molecule has 0 unspecified atom stereocenters. The van der Waals surface area contributed by atoms with Gasteiger partial charge in [-0.1, -0.05) is 18.2 Å². The molecule has 178 valence electrons. The van der Waals surface area contributed by atoms with Gasteiger partial charge in [0.15, 0.2) is 0 Å². The van der Waals surface area contributed by atoms with E-state index < -0.39 is 0 Å². The van der Waals surface area contributed by atoms with Gasteiger partial charge >= 0.3 is 0 Å². The van der Waals surface area contributed by atoms with Gasteiger partial charge in [0.25, 0.3) is 5.91 Å². The molecule has 4 aromatic rings. The van der Waals surface area contributed by atoms with Gasteiger partial charge < -0.3 is 20.3 Å². The van der Waals surface area contributed by atoms with Crippen molar-refractivity contribution in [3.05, 3.63) is 72.4 Å². The molecule has 0 saturated carbocycles. The molecule has 0 bridgehead atoms. The minimum Gasteiger partial charge on any atom is -0.378 e. The topological polar surface area (TPSA) is 105 Å². The number of anilines is 2. The Labute approximate surface area is 203 Å². The number of carbonyl (C=O) groups is 1. The van der Waals surface area contributed by atoms with Crippen LogP contribution in [0.4, 0.5) is 11.5 Å². The predicted molar refractivity (Wildman–Crippen MR) is 136 cm³/mol. The first-order valence-corrected chi connectivity index (χ1v) is 11.7. The average molecular weight is 470 g/mol. The molecular weight excluding hydrogens is 442 g/mol. The summed E-state index contributed by atoms with van der Waals surface area (Å²) in [6.07, 6.45) is 7.67. The Kier molecular flexibility index (Phi) is 6.76. The first kappa shape index (κ1) is 22.7. The van der Waals surface area contributed by atoms with E-state index in [4.69, 9.17) is 4.74 Å². The van der Waals surface area contributed by atoms with Gasteiger partial charge in [-0.2, -0.15) is 0 Å². The number of para-hydroxylation sites is 1. The van der Waals surface area contributed by atoms with E-state index in [1.165, 1.54) is 0 Å². The molecule has 1 amide bonds. The molecule has 0 radical (unpaired) electrons. The number of aromatic nitrogens is 4. The van der Waals surface area contributed by atoms with Crippen molar-refractivity contribution in [1.82, 2.24) is 25.3 Å². The molecule has 1 aliphatic heterocycles. The van der Waals surface area contributed by atoms with Crippen molar-refractivity contribution in [1.29, 1.82) is 0 Å². The number of nitrogens with zero attached hydrogens (tertiary/aromatic N) is 5. The summed E-state index contributed by atoms with van der Waals surface area (Å²) in [4.78, 5) is 32.3. The fourth-order valence-corrected chi connectivity index (χ4v) is 4.27. The molecule has 4 heterocycles. The number of benzene rings is 1. The van der Waals surface area contributed by atoms with Crippen LogP contribution < -0.4 is 15.5 Å². The van der Waals surface area contributed by atoms with Gasteiger partial charge in [-0.25, -0.2) is 9.97 Å². The van der Waals surface area contributed by atoms with Crippen LogP contribution in [-0.2, 0) is 11.2 Å². The number of hydrogen-bond acceptors (Lipinski definition) is 8. The third-order valence-electron chi connectivity index (χ3n) is 6.09. The van der Waals surface area contributed by atoms with Crippen LogP contribution in [0, 0.1) is 0 Å². The van der Waals surface area contributed by atoms with E-state index in [1.54, 1.807) is 25.6 Å². The maximum atomic E-state index is 12.2. The molecule has 0 spiro atoms. The van der Waals surface area contributed by atoms with E-state index in [2.05, 4.69) is 41.5 Å². The zero-order valence-corrected chi connectivity index (χ0v) is 19.6. The molecule has 0 atom stereocenters. The van der Waals surface area contributed by atoms with E-state index in [1.807, 2.05) is 36.7 Å². The van der Waals surface area contributed by atoms with Crippen LogP contribution >= 0.6 is 0 Å². The van der Waals surface area contributed by atoms with Crippen molar-refractivity contribution in [2.45, 2.75) is 6.42 Å². The maximum absolute atomic E-state index is 12.2. The standard InChI is InChI=1S/C26H27N7O2/c1-27-26(34)22-6-8-30-25-18(3-2-4-21(22)25)5-7-29-24-14-23(31-17-32-24)19-13-20(16-28-15-19)33-9-11-35-12-10-33/h2-4,6,8,13-17H,5,7,9-12H2,1H3,(H,27,34)(H,29,31,32). The van der Waals surface area contributed by atoms with Crippen molar-refractivity contribution < 1.29 is 9.53 Å². The highest BCUT2D eigenvalue weighted by molar-refractivity contribution is 6.06. The van der Waals surface area contributed by atoms with Crippen LogP contribution in [-0.4, -0.2) is 65.7 Å². The van der Waals surface area contributed by atoms with Gasteiger partial charge in [0, 0.05) is 56.1 Å². The second-order valence-corrected chi connectivity index (χ2v) is 8.25. The molecule has 0 aliphatic carbocycles. The summed E-state index contributed by atoms with van der Waals surface area (Å²) in [6.45, 7) is 3.83. The molecule has 1 aromatic carbocycles. The SMILES string of the molecule is CNC(=O)c1ccnc2c(CCNc3cc(-c4cncc(N5CCOCC5)c4)ncn3)cccc12. The van der Waals surface area contributed by atoms with Gasteiger partial charge in [0.1, 0.15) is 12.1 Å². The molecule has 35 heavy (non-hydrogen) atoms. The van der Waals surface area contributed by atoms with Crippen LogP contribution in [0.1, 0.15) is 15.9 Å². The third kappa shape index (κ3) is 5.04. The summed E-state index contributed by atoms with van der Waals surface area (Å²) < 4.78 is 5.45. The van der Waals surface area contributed by atoms with E-state index in [9.17, 15) is 4.79 Å². The van der Waals surface area contributed by atoms with Crippen molar-refractivity contribution in [2.75, 3.05) is 50.1 Å². The second-order valence-electron chi connectivity index (χ2n) is 8.25. The van der Waals surface area contributed by atoms with Crippen LogP contribution in [0.5, 0.6) is 0 Å². The van der Waals surface area contributed by atoms with Gasteiger partial charge in [0.2, 0.25) is 0 Å². The minimum absolute atomic E-state index is 0.117. The molecular formula is C26H27N7O2. The Morgan fingerprint density at radius 1 is 1.09 bits per heavy atom. The van der Waals surface area contributed by atoms with Crippen LogP contribution in [0.2, 0.25) is 0 Å². The molecule has 5 rings (SSSR count). The van der Waals surface area contributed by atoms with Crippen LogP contribution in [0.3, 0.4) is 0 Å². The van der Waals surface area contributed by atoms with Gasteiger partial charge in [-0.15, -0.1) is 0 Å². The fraction of sp³-hybridized carbons (Fsp3) is 0.269. The number of ether oxygens (including phenoxy) is 1. The van der Waals surface area contributed by atoms with Crippen LogP contribution in [0.15, 0.2) is 61.3 Å². The lowest BCUT2D eigenvalue weighted by molar-refractivity contribution is 0.0964. The summed E-state index contributed by atoms with van der Waals surface area (Å²) in [5.41, 5.74) is 5.35. The summed E-state index contributed by atoms with van der Waals surface area (Å²) in [5.74, 6) is 0.624. The predicted octanol–water partition coefficient (Wildman–Crippen LogP) is 2.94. The van der Waals surface area contributed by atoms with Crippen molar-refractivity contribution in [3.63, 3.8) is 0 Å². The lowest BCUT2D eigenvalue weighted by Gasteiger charge is -2.28. The Bertz CT molecular complexity index is 1340. The number of nitrogens with one attached hydrogen (secondary N) is 2. The normalized spacial score (nSPS) is 13.6. The fourth-order valence-electron chi connectivity index (χ4n) is 4.27. The zero-order chi connectivity index (χ0) is 24.0. The Hall–Kier alpha value is -4.11. The number of amides is 1. The highest BCUT2D eigenvalue weighted by Crippen LogP contribution is 2.24. The molecule has 3 aromatic heterocycles. The summed E-state index contributed by atoms with van der Waals surface area (Å²) in [6, 6.07) is 11.7. The molecule has 9 nitrogen and oxygen atoms in total. The molecule has 1 fully saturated rings. The number of hydrogen-bond donors (Lipinski definition) is 2. The first-order chi connectivity index (χ1) is 17.2. The smallest absolute Gasteiger partial charge is 0.251 e. The van der Waals surface area contributed by atoms with E-state index in [-0.39, 0.29) is 5.91 Å². The van der Waals surface area contributed by atoms with Crippen molar-refractivity contribution >= 4 is 28.3 Å². The summed E-state index contributed by atoms with van der Waals surface area (Å²) in [5, 5.41) is 6.93. The summed E-state index contributed by atoms with van der Waals surface area (Å²) >= 11 is 0. The number of pyridine rings is 2. The Morgan fingerprint density at radius 2 is 1.97 bits per heavy atom. The van der Waals surface area contributed by atoms with Crippen molar-refractivity contribution in [2.24, 2.45) is 0 Å². The van der Waals surface area contributed by atoms with E-state index in [0.717, 1.165) is 72.0 Å². The van der Waals surface area contributed by atoms with Crippen molar-refractivity contribution in [3.8, 4) is 11.3 Å². The Morgan fingerprint density at radius 3 is 2.83 bits per heavy atom. The van der Waals surface area contributed by atoms with E-state index in [0.29, 0.717) is 12.1 Å². The zero-order valence-electron chi connectivity index (χ0n) is 19.6. The number of rotatable bonds is 7. The average Bonchev–Trinajstić information content (AvgIpc) is 2.93.